The van der Waals surface area contributed by atoms with E-state index in [0.29, 0.717) is 0 Å². The van der Waals surface area contributed by atoms with Crippen LogP contribution in [0.15, 0.2) is 30.5 Å². The van der Waals surface area contributed by atoms with Crippen LogP contribution in [-0.2, 0) is 6.54 Å². The number of hydrogen-bond acceptors (Lipinski definition) is 1. The van der Waals surface area contributed by atoms with Crippen LogP contribution in [0.25, 0.3) is 10.9 Å². The first-order chi connectivity index (χ1) is 7.85. The molecule has 2 rings (SSSR count). The van der Waals surface area contributed by atoms with Crippen LogP contribution in [-0.4, -0.2) is 17.0 Å². The second-order valence-corrected chi connectivity index (χ2v) is 4.62. The monoisotopic (exact) mass is 281 g/mol. The molecule has 1 aromatic heterocycles. The molecule has 1 heterocycles. The SMILES string of the molecule is COc1ccc2c(ccn2CCCCBr)c1. The molecule has 86 valence electrons. The molecular weight excluding hydrogens is 266 g/mol. The zero-order valence-electron chi connectivity index (χ0n) is 9.45. The predicted octanol–water partition coefficient (Wildman–Crippen LogP) is 3.83. The summed E-state index contributed by atoms with van der Waals surface area (Å²) in [7, 11) is 1.70. The van der Waals surface area contributed by atoms with E-state index in [1.807, 2.05) is 6.07 Å². The van der Waals surface area contributed by atoms with Gasteiger partial charge in [0.1, 0.15) is 5.75 Å². The molecule has 0 radical (unpaired) electrons. The van der Waals surface area contributed by atoms with Crippen molar-refractivity contribution in [3.63, 3.8) is 0 Å². The van der Waals surface area contributed by atoms with E-state index in [-0.39, 0.29) is 0 Å². The summed E-state index contributed by atoms with van der Waals surface area (Å²) in [5.41, 5.74) is 1.29. The van der Waals surface area contributed by atoms with Crippen molar-refractivity contribution in [2.24, 2.45) is 0 Å². The molecule has 0 aliphatic heterocycles. The Morgan fingerprint density at radius 3 is 2.88 bits per heavy atom. The van der Waals surface area contributed by atoms with Crippen LogP contribution >= 0.6 is 15.9 Å². The molecular formula is C13H16BrNO. The average molecular weight is 282 g/mol. The van der Waals surface area contributed by atoms with Crippen LogP contribution in [0.5, 0.6) is 5.75 Å². The molecule has 0 bridgehead atoms. The number of methoxy groups -OCH3 is 1. The molecule has 0 saturated heterocycles. The molecule has 2 nitrogen and oxygen atoms in total. The summed E-state index contributed by atoms with van der Waals surface area (Å²) in [6.45, 7) is 1.08. The van der Waals surface area contributed by atoms with Gasteiger partial charge in [-0.05, 0) is 37.1 Å². The lowest BCUT2D eigenvalue weighted by molar-refractivity contribution is 0.415. The van der Waals surface area contributed by atoms with Crippen molar-refractivity contribution in [2.75, 3.05) is 12.4 Å². The average Bonchev–Trinajstić information content (AvgIpc) is 2.72. The van der Waals surface area contributed by atoms with Gasteiger partial charge in [0.25, 0.3) is 0 Å². The van der Waals surface area contributed by atoms with Gasteiger partial charge in [-0.25, -0.2) is 0 Å². The van der Waals surface area contributed by atoms with Gasteiger partial charge < -0.3 is 9.30 Å². The summed E-state index contributed by atoms with van der Waals surface area (Å²) in [6.07, 6.45) is 4.58. The highest BCUT2D eigenvalue weighted by Gasteiger charge is 2.01. The maximum Gasteiger partial charge on any atom is 0.119 e. The first kappa shape index (κ1) is 11.5. The second-order valence-electron chi connectivity index (χ2n) is 3.83. The number of alkyl halides is 1. The van der Waals surface area contributed by atoms with Gasteiger partial charge in [-0.2, -0.15) is 0 Å². The van der Waals surface area contributed by atoms with Crippen LogP contribution in [0.4, 0.5) is 0 Å². The first-order valence-corrected chi connectivity index (χ1v) is 6.66. The number of unbranched alkanes of at least 4 members (excludes halogenated alkanes) is 1. The van der Waals surface area contributed by atoms with Gasteiger partial charge in [0.05, 0.1) is 7.11 Å². The zero-order valence-corrected chi connectivity index (χ0v) is 11.0. The number of aromatic nitrogens is 1. The maximum absolute atomic E-state index is 5.21. The van der Waals surface area contributed by atoms with E-state index in [0.717, 1.165) is 17.6 Å². The second kappa shape index (κ2) is 5.39. The van der Waals surface area contributed by atoms with Gasteiger partial charge >= 0.3 is 0 Å². The van der Waals surface area contributed by atoms with E-state index in [2.05, 4.69) is 44.9 Å². The molecule has 0 aliphatic rings. The standard InChI is InChI=1S/C13H16BrNO/c1-16-12-4-5-13-11(10-12)6-9-15(13)8-3-2-7-14/h4-6,9-10H,2-3,7-8H2,1H3. The van der Waals surface area contributed by atoms with Crippen molar-refractivity contribution < 1.29 is 4.74 Å². The number of benzene rings is 1. The van der Waals surface area contributed by atoms with Crippen LogP contribution in [0.3, 0.4) is 0 Å². The Bertz CT molecular complexity index is 464. The number of fused-ring (bicyclic) bond motifs is 1. The van der Waals surface area contributed by atoms with Gasteiger partial charge in [0.2, 0.25) is 0 Å². The summed E-state index contributed by atoms with van der Waals surface area (Å²) in [5.74, 6) is 0.922. The van der Waals surface area contributed by atoms with E-state index < -0.39 is 0 Å². The third kappa shape index (κ3) is 2.40. The normalized spacial score (nSPS) is 10.9. The van der Waals surface area contributed by atoms with E-state index in [1.165, 1.54) is 23.7 Å². The van der Waals surface area contributed by atoms with E-state index in [9.17, 15) is 0 Å². The fourth-order valence-electron chi connectivity index (χ4n) is 1.88. The molecule has 3 heteroatoms. The van der Waals surface area contributed by atoms with Crippen LogP contribution in [0, 0.1) is 0 Å². The zero-order chi connectivity index (χ0) is 11.4. The third-order valence-corrected chi connectivity index (χ3v) is 3.32. The van der Waals surface area contributed by atoms with Gasteiger partial charge in [-0.15, -0.1) is 0 Å². The number of aryl methyl sites for hydroxylation is 1. The van der Waals surface area contributed by atoms with Crippen molar-refractivity contribution in [3.05, 3.63) is 30.5 Å². The number of hydrogen-bond donors (Lipinski definition) is 0. The Balaban J connectivity index is 2.20. The summed E-state index contributed by atoms with van der Waals surface area (Å²) in [4.78, 5) is 0. The van der Waals surface area contributed by atoms with Crippen molar-refractivity contribution >= 4 is 26.8 Å². The molecule has 0 amide bonds. The lowest BCUT2D eigenvalue weighted by Gasteiger charge is -2.05. The van der Waals surface area contributed by atoms with Crippen LogP contribution in [0.2, 0.25) is 0 Å². The quantitative estimate of drug-likeness (QED) is 0.600. The molecule has 2 aromatic rings. The van der Waals surface area contributed by atoms with E-state index in [4.69, 9.17) is 4.74 Å². The minimum absolute atomic E-state index is 0.922. The Labute approximate surface area is 104 Å². The summed E-state index contributed by atoms with van der Waals surface area (Å²) >= 11 is 3.46. The minimum Gasteiger partial charge on any atom is -0.497 e. The summed E-state index contributed by atoms with van der Waals surface area (Å²) in [5, 5.41) is 2.33. The Hall–Kier alpha value is -0.960. The van der Waals surface area contributed by atoms with Gasteiger partial charge in [-0.1, -0.05) is 15.9 Å². The van der Waals surface area contributed by atoms with E-state index >= 15 is 0 Å². The Morgan fingerprint density at radius 1 is 1.25 bits per heavy atom. The number of rotatable bonds is 5. The van der Waals surface area contributed by atoms with Crippen molar-refractivity contribution in [2.45, 2.75) is 19.4 Å². The predicted molar refractivity (Wildman–Crippen MR) is 71.5 cm³/mol. The van der Waals surface area contributed by atoms with Crippen LogP contribution < -0.4 is 4.74 Å². The Kier molecular flexibility index (Phi) is 3.88. The lowest BCUT2D eigenvalue weighted by atomic mass is 10.2. The first-order valence-electron chi connectivity index (χ1n) is 5.54. The number of ether oxygens (including phenoxy) is 1. The van der Waals surface area contributed by atoms with Gasteiger partial charge in [-0.3, -0.25) is 0 Å². The van der Waals surface area contributed by atoms with Gasteiger partial charge in [0, 0.05) is 29.0 Å². The topological polar surface area (TPSA) is 14.2 Å². The van der Waals surface area contributed by atoms with Crippen molar-refractivity contribution in [3.8, 4) is 5.75 Å². The van der Waals surface area contributed by atoms with Crippen LogP contribution in [0.1, 0.15) is 12.8 Å². The highest BCUT2D eigenvalue weighted by molar-refractivity contribution is 9.09. The third-order valence-electron chi connectivity index (χ3n) is 2.76. The summed E-state index contributed by atoms with van der Waals surface area (Å²) in [6, 6.07) is 8.37. The largest absolute Gasteiger partial charge is 0.497 e. The minimum atomic E-state index is 0.922. The smallest absolute Gasteiger partial charge is 0.119 e. The number of halogens is 1. The molecule has 0 N–H and O–H groups in total. The molecule has 0 unspecified atom stereocenters. The van der Waals surface area contributed by atoms with Gasteiger partial charge in [0.15, 0.2) is 0 Å². The molecule has 0 atom stereocenters. The fourth-order valence-corrected chi connectivity index (χ4v) is 2.27. The van der Waals surface area contributed by atoms with Crippen molar-refractivity contribution in [1.29, 1.82) is 0 Å². The Morgan fingerprint density at radius 2 is 2.12 bits per heavy atom. The van der Waals surface area contributed by atoms with Crippen molar-refractivity contribution in [1.82, 2.24) is 4.57 Å². The molecule has 0 saturated carbocycles. The highest BCUT2D eigenvalue weighted by Crippen LogP contribution is 2.22. The summed E-state index contributed by atoms with van der Waals surface area (Å²) < 4.78 is 7.52. The molecule has 0 aliphatic carbocycles. The molecule has 1 aromatic carbocycles. The van der Waals surface area contributed by atoms with E-state index in [1.54, 1.807) is 7.11 Å². The molecule has 0 spiro atoms. The maximum atomic E-state index is 5.21. The number of nitrogens with zero attached hydrogens (tertiary/aromatic N) is 1. The molecule has 0 fully saturated rings. The lowest BCUT2D eigenvalue weighted by Crippen LogP contribution is -1.96. The highest BCUT2D eigenvalue weighted by atomic mass is 79.9. The fraction of sp³-hybridized carbons (Fsp3) is 0.385. The molecule has 16 heavy (non-hydrogen) atoms.